The maximum absolute atomic E-state index is 5.30. The normalized spacial score (nSPS) is 17.9. The monoisotopic (exact) mass is 147 g/mol. The maximum atomic E-state index is 5.30. The first-order valence-corrected chi connectivity index (χ1v) is 3.77. The van der Waals surface area contributed by atoms with Gasteiger partial charge in [0.1, 0.15) is 0 Å². The van der Waals surface area contributed by atoms with Gasteiger partial charge in [0.05, 0.1) is 0 Å². The Morgan fingerprint density at radius 2 is 2.36 bits per heavy atom. The Hall–Kier alpha value is -1.24. The molecule has 1 aliphatic rings. The molecule has 0 aromatic rings. The zero-order valence-electron chi connectivity index (χ0n) is 6.75. The van der Waals surface area contributed by atoms with Crippen LogP contribution in [0.5, 0.6) is 0 Å². The molecule has 1 nitrogen and oxygen atoms in total. The van der Waals surface area contributed by atoms with Gasteiger partial charge in [-0.05, 0) is 36.8 Å². The van der Waals surface area contributed by atoms with E-state index < -0.39 is 0 Å². The molecule has 0 radical (unpaired) electrons. The predicted molar refractivity (Wildman–Crippen MR) is 48.9 cm³/mol. The van der Waals surface area contributed by atoms with Crippen LogP contribution in [0.3, 0.4) is 0 Å². The van der Waals surface area contributed by atoms with E-state index in [9.17, 15) is 0 Å². The lowest BCUT2D eigenvalue weighted by atomic mass is 10.1. The summed E-state index contributed by atoms with van der Waals surface area (Å²) in [5.74, 6) is 0. The molecule has 11 heavy (non-hydrogen) atoms. The number of rotatable bonds is 1. The summed E-state index contributed by atoms with van der Waals surface area (Å²) in [6, 6.07) is 0. The Balaban J connectivity index is 2.86. The van der Waals surface area contributed by atoms with Crippen molar-refractivity contribution in [2.45, 2.75) is 13.3 Å². The maximum Gasteiger partial charge on any atom is -0.00564 e. The van der Waals surface area contributed by atoms with Gasteiger partial charge in [-0.3, -0.25) is 0 Å². The summed E-state index contributed by atoms with van der Waals surface area (Å²) >= 11 is 0. The fraction of sp³-hybridized carbons (Fsp3) is 0.200. The van der Waals surface area contributed by atoms with Crippen LogP contribution in [0.1, 0.15) is 13.3 Å². The van der Waals surface area contributed by atoms with Crippen molar-refractivity contribution in [1.82, 2.24) is 0 Å². The Bertz CT molecular complexity index is 242. The van der Waals surface area contributed by atoms with Crippen molar-refractivity contribution in [3.63, 3.8) is 0 Å². The molecule has 1 heteroatoms. The van der Waals surface area contributed by atoms with Crippen molar-refractivity contribution in [3.8, 4) is 0 Å². The Morgan fingerprint density at radius 3 is 3.09 bits per heavy atom. The fourth-order valence-electron chi connectivity index (χ4n) is 1.05. The molecule has 0 aromatic carbocycles. The molecule has 0 spiro atoms. The van der Waals surface area contributed by atoms with Crippen molar-refractivity contribution < 1.29 is 0 Å². The van der Waals surface area contributed by atoms with E-state index in [1.54, 1.807) is 6.20 Å². The Kier molecular flexibility index (Phi) is 2.73. The molecule has 1 rings (SSSR count). The van der Waals surface area contributed by atoms with Crippen LogP contribution in [0.15, 0.2) is 47.7 Å². The van der Waals surface area contributed by atoms with Crippen molar-refractivity contribution >= 4 is 0 Å². The van der Waals surface area contributed by atoms with Crippen molar-refractivity contribution in [2.75, 3.05) is 0 Å². The van der Waals surface area contributed by atoms with Gasteiger partial charge in [-0.15, -0.1) is 0 Å². The Morgan fingerprint density at radius 1 is 1.55 bits per heavy atom. The van der Waals surface area contributed by atoms with Gasteiger partial charge in [-0.1, -0.05) is 24.3 Å². The third-order valence-corrected chi connectivity index (χ3v) is 1.69. The summed E-state index contributed by atoms with van der Waals surface area (Å²) in [6.07, 6.45) is 13.0. The third kappa shape index (κ3) is 2.11. The first-order valence-electron chi connectivity index (χ1n) is 3.77. The molecular weight excluding hydrogens is 134 g/mol. The van der Waals surface area contributed by atoms with Gasteiger partial charge in [0.15, 0.2) is 0 Å². The van der Waals surface area contributed by atoms with Gasteiger partial charge < -0.3 is 5.73 Å². The molecular formula is C10H13N. The van der Waals surface area contributed by atoms with Gasteiger partial charge in [0, 0.05) is 0 Å². The quantitative estimate of drug-likeness (QED) is 0.605. The predicted octanol–water partition coefficient (Wildman–Crippen LogP) is 2.29. The molecule has 0 atom stereocenters. The van der Waals surface area contributed by atoms with E-state index in [2.05, 4.69) is 31.2 Å². The second kappa shape index (κ2) is 3.81. The summed E-state index contributed by atoms with van der Waals surface area (Å²) in [5, 5.41) is 0. The van der Waals surface area contributed by atoms with Crippen LogP contribution in [0.4, 0.5) is 0 Å². The van der Waals surface area contributed by atoms with Crippen LogP contribution >= 0.6 is 0 Å². The van der Waals surface area contributed by atoms with E-state index in [1.165, 1.54) is 11.1 Å². The van der Waals surface area contributed by atoms with Crippen LogP contribution < -0.4 is 5.73 Å². The standard InChI is InChI=1S/C10H13N/c1-9-5-3-2-4-6-10(9)7-8-11/h2-3,5-8H,4,11H2,1H3/b8-7-. The molecule has 0 heterocycles. The van der Waals surface area contributed by atoms with Crippen LogP contribution in [-0.4, -0.2) is 0 Å². The Labute approximate surface area is 67.6 Å². The van der Waals surface area contributed by atoms with Crippen molar-refractivity contribution in [1.29, 1.82) is 0 Å². The minimum atomic E-state index is 0.994. The van der Waals surface area contributed by atoms with Crippen LogP contribution in [0.25, 0.3) is 0 Å². The lowest BCUT2D eigenvalue weighted by molar-refractivity contribution is 1.34. The zero-order chi connectivity index (χ0) is 8.10. The number of hydrogen-bond donors (Lipinski definition) is 1. The topological polar surface area (TPSA) is 26.0 Å². The van der Waals surface area contributed by atoms with E-state index in [1.807, 2.05) is 6.08 Å². The van der Waals surface area contributed by atoms with Gasteiger partial charge in [0.25, 0.3) is 0 Å². The van der Waals surface area contributed by atoms with Gasteiger partial charge >= 0.3 is 0 Å². The smallest absolute Gasteiger partial charge is 0.00564 e. The summed E-state index contributed by atoms with van der Waals surface area (Å²) in [4.78, 5) is 0. The first-order chi connectivity index (χ1) is 5.34. The average Bonchev–Trinajstić information content (AvgIpc) is 2.18. The number of nitrogens with two attached hydrogens (primary N) is 1. The largest absolute Gasteiger partial charge is 0.405 e. The molecule has 1 aliphatic carbocycles. The lowest BCUT2D eigenvalue weighted by Crippen LogP contribution is -1.83. The van der Waals surface area contributed by atoms with Crippen LogP contribution in [-0.2, 0) is 0 Å². The second-order valence-corrected chi connectivity index (χ2v) is 2.53. The van der Waals surface area contributed by atoms with E-state index in [-0.39, 0.29) is 0 Å². The van der Waals surface area contributed by atoms with E-state index in [0.717, 1.165) is 6.42 Å². The summed E-state index contributed by atoms with van der Waals surface area (Å²) in [6.45, 7) is 2.08. The lowest BCUT2D eigenvalue weighted by Gasteiger charge is -1.98. The fourth-order valence-corrected chi connectivity index (χ4v) is 1.05. The molecule has 0 aromatic heterocycles. The molecule has 0 saturated carbocycles. The summed E-state index contributed by atoms with van der Waals surface area (Å²) < 4.78 is 0. The minimum Gasteiger partial charge on any atom is -0.405 e. The van der Waals surface area contributed by atoms with Gasteiger partial charge in [0.2, 0.25) is 0 Å². The highest BCUT2D eigenvalue weighted by molar-refractivity contribution is 5.41. The highest BCUT2D eigenvalue weighted by Gasteiger charge is 1.95. The van der Waals surface area contributed by atoms with Crippen molar-refractivity contribution in [2.24, 2.45) is 5.73 Å². The first kappa shape index (κ1) is 7.86. The number of allylic oxidation sites excluding steroid dienone is 7. The van der Waals surface area contributed by atoms with Gasteiger partial charge in [-0.2, -0.15) is 0 Å². The van der Waals surface area contributed by atoms with Crippen molar-refractivity contribution in [3.05, 3.63) is 47.7 Å². The number of hydrogen-bond acceptors (Lipinski definition) is 1. The minimum absolute atomic E-state index is 0.994. The highest BCUT2D eigenvalue weighted by atomic mass is 14.5. The average molecular weight is 147 g/mol. The summed E-state index contributed by atoms with van der Waals surface area (Å²) in [7, 11) is 0. The molecule has 0 aliphatic heterocycles. The van der Waals surface area contributed by atoms with E-state index >= 15 is 0 Å². The summed E-state index contributed by atoms with van der Waals surface area (Å²) in [5.41, 5.74) is 7.79. The third-order valence-electron chi connectivity index (χ3n) is 1.69. The van der Waals surface area contributed by atoms with E-state index in [4.69, 9.17) is 5.73 Å². The zero-order valence-corrected chi connectivity index (χ0v) is 6.75. The molecule has 0 saturated heterocycles. The second-order valence-electron chi connectivity index (χ2n) is 2.53. The van der Waals surface area contributed by atoms with Crippen LogP contribution in [0.2, 0.25) is 0 Å². The van der Waals surface area contributed by atoms with E-state index in [0.29, 0.717) is 0 Å². The molecule has 2 N–H and O–H groups in total. The molecule has 0 unspecified atom stereocenters. The molecule has 58 valence electrons. The van der Waals surface area contributed by atoms with Crippen LogP contribution in [0, 0.1) is 0 Å². The molecule has 0 fully saturated rings. The van der Waals surface area contributed by atoms with Gasteiger partial charge in [-0.25, -0.2) is 0 Å². The molecule has 0 bridgehead atoms. The SMILES string of the molecule is CC1=CC=CCC=C1/C=C\N. The highest BCUT2D eigenvalue weighted by Crippen LogP contribution is 2.14. The molecule has 0 amide bonds.